The molecule has 0 saturated heterocycles. The van der Waals surface area contributed by atoms with Crippen molar-refractivity contribution < 1.29 is 4.79 Å². The van der Waals surface area contributed by atoms with Gasteiger partial charge < -0.3 is 0 Å². The summed E-state index contributed by atoms with van der Waals surface area (Å²) in [6.45, 7) is 2.02. The molecule has 1 N–H and O–H groups in total. The minimum atomic E-state index is -0.893. The largest absolute Gasteiger partial charge is 0.297 e. The number of benzene rings is 2. The van der Waals surface area contributed by atoms with Crippen LogP contribution in [0, 0.1) is 18.3 Å². The van der Waals surface area contributed by atoms with Crippen LogP contribution in [0.1, 0.15) is 16.5 Å². The number of aromatic nitrogens is 4. The van der Waals surface area contributed by atoms with Gasteiger partial charge in [-0.3, -0.25) is 9.89 Å². The van der Waals surface area contributed by atoms with Crippen LogP contribution in [-0.2, 0) is 4.79 Å². The fraction of sp³-hybridized carbons (Fsp3) is 0.136. The average Bonchev–Trinajstić information content (AvgIpc) is 3.44. The normalized spacial score (nSPS) is 11.7. The molecule has 8 heteroatoms. The van der Waals surface area contributed by atoms with Gasteiger partial charge in [-0.15, -0.1) is 16.4 Å². The van der Waals surface area contributed by atoms with E-state index in [2.05, 4.69) is 26.2 Å². The quantitative estimate of drug-likeness (QED) is 0.419. The van der Waals surface area contributed by atoms with Crippen molar-refractivity contribution in [2.24, 2.45) is 0 Å². The van der Waals surface area contributed by atoms with Crippen LogP contribution in [0.15, 0.2) is 65.1 Å². The van der Waals surface area contributed by atoms with Gasteiger partial charge in [0, 0.05) is 16.5 Å². The summed E-state index contributed by atoms with van der Waals surface area (Å²) < 4.78 is 0. The Kier molecular flexibility index (Phi) is 6.02. The first-order valence-corrected chi connectivity index (χ1v) is 11.1. The van der Waals surface area contributed by atoms with Gasteiger partial charge in [-0.2, -0.15) is 5.26 Å². The highest BCUT2D eigenvalue weighted by Crippen LogP contribution is 2.28. The molecule has 2 aromatic heterocycles. The van der Waals surface area contributed by atoms with Gasteiger partial charge in [0.25, 0.3) is 0 Å². The third kappa shape index (κ3) is 4.48. The number of carbonyl (C=O) groups is 1. The van der Waals surface area contributed by atoms with Gasteiger partial charge in [-0.05, 0) is 6.92 Å². The predicted molar refractivity (Wildman–Crippen MR) is 118 cm³/mol. The number of nitrogens with zero attached hydrogens (tertiary/aromatic N) is 4. The summed E-state index contributed by atoms with van der Waals surface area (Å²) in [6.07, 6.45) is 0. The summed E-state index contributed by atoms with van der Waals surface area (Å²) in [5, 5.41) is 19.5. The SMILES string of the molecule is Cc1ccc(-c2nc(SCC(=O)C(C#N)c3nc(-c4ccccc4)cs3)n[nH]2)cc1. The minimum absolute atomic E-state index is 0.101. The molecule has 0 aliphatic rings. The zero-order valence-corrected chi connectivity index (χ0v) is 17.7. The monoisotopic (exact) mass is 431 g/mol. The van der Waals surface area contributed by atoms with Crippen molar-refractivity contribution in [2.45, 2.75) is 18.0 Å². The molecule has 0 aliphatic carbocycles. The van der Waals surface area contributed by atoms with Crippen molar-refractivity contribution >= 4 is 28.9 Å². The lowest BCUT2D eigenvalue weighted by Gasteiger charge is -2.03. The van der Waals surface area contributed by atoms with Crippen molar-refractivity contribution in [3.63, 3.8) is 0 Å². The van der Waals surface area contributed by atoms with Gasteiger partial charge in [0.1, 0.15) is 5.01 Å². The zero-order chi connectivity index (χ0) is 20.9. The second-order valence-corrected chi connectivity index (χ2v) is 8.42. The van der Waals surface area contributed by atoms with Crippen LogP contribution in [0.5, 0.6) is 0 Å². The van der Waals surface area contributed by atoms with Gasteiger partial charge >= 0.3 is 0 Å². The number of thiazole rings is 1. The number of hydrogen-bond acceptors (Lipinski definition) is 7. The van der Waals surface area contributed by atoms with Crippen molar-refractivity contribution in [3.05, 3.63) is 70.5 Å². The molecule has 1 unspecified atom stereocenters. The minimum Gasteiger partial charge on any atom is -0.297 e. The summed E-state index contributed by atoms with van der Waals surface area (Å²) in [7, 11) is 0. The molecule has 2 aromatic carbocycles. The molecule has 6 nitrogen and oxygen atoms in total. The number of nitriles is 1. The van der Waals surface area contributed by atoms with E-state index >= 15 is 0 Å². The van der Waals surface area contributed by atoms with Gasteiger partial charge in [-0.25, -0.2) is 9.97 Å². The second kappa shape index (κ2) is 9.03. The predicted octanol–water partition coefficient (Wildman–Crippen LogP) is 4.87. The summed E-state index contributed by atoms with van der Waals surface area (Å²) in [4.78, 5) is 21.6. The van der Waals surface area contributed by atoms with Crippen LogP contribution < -0.4 is 0 Å². The third-order valence-electron chi connectivity index (χ3n) is 4.42. The lowest BCUT2D eigenvalue weighted by atomic mass is 10.1. The molecule has 0 aliphatic heterocycles. The molecule has 2 heterocycles. The van der Waals surface area contributed by atoms with Gasteiger partial charge in [0.15, 0.2) is 17.5 Å². The molecular weight excluding hydrogens is 414 g/mol. The Morgan fingerprint density at radius 2 is 1.90 bits per heavy atom. The summed E-state index contributed by atoms with van der Waals surface area (Å²) >= 11 is 2.54. The van der Waals surface area contributed by atoms with E-state index < -0.39 is 5.92 Å². The lowest BCUT2D eigenvalue weighted by Crippen LogP contribution is -2.13. The standard InChI is InChI=1S/C22H17N5OS2/c1-14-7-9-16(10-8-14)20-25-22(27-26-20)30-13-19(28)17(11-23)21-24-18(12-29-21)15-5-3-2-4-6-15/h2-10,12,17H,13H2,1H3,(H,25,26,27). The molecular formula is C22H17N5OS2. The van der Waals surface area contributed by atoms with Crippen molar-refractivity contribution in [3.8, 4) is 28.7 Å². The Balaban J connectivity index is 1.41. The molecule has 0 saturated carbocycles. The van der Waals surface area contributed by atoms with E-state index in [0.717, 1.165) is 16.8 Å². The van der Waals surface area contributed by atoms with Crippen LogP contribution in [0.2, 0.25) is 0 Å². The number of Topliss-reactive ketones (excluding diaryl/α,β-unsaturated/α-hetero) is 1. The van der Waals surface area contributed by atoms with Crippen molar-refractivity contribution in [1.29, 1.82) is 5.26 Å². The van der Waals surface area contributed by atoms with Crippen LogP contribution in [0.3, 0.4) is 0 Å². The number of thioether (sulfide) groups is 1. The van der Waals surface area contributed by atoms with Crippen LogP contribution in [0.4, 0.5) is 0 Å². The Morgan fingerprint density at radius 1 is 1.13 bits per heavy atom. The fourth-order valence-electron chi connectivity index (χ4n) is 2.80. The first-order valence-electron chi connectivity index (χ1n) is 9.19. The van der Waals surface area contributed by atoms with Crippen molar-refractivity contribution in [2.75, 3.05) is 5.75 Å². The first kappa shape index (κ1) is 20.0. The highest BCUT2D eigenvalue weighted by Gasteiger charge is 2.24. The number of ketones is 1. The first-order chi connectivity index (χ1) is 14.6. The van der Waals surface area contributed by atoms with E-state index in [1.807, 2.05) is 66.9 Å². The molecule has 148 valence electrons. The molecule has 4 rings (SSSR count). The molecule has 0 radical (unpaired) electrons. The lowest BCUT2D eigenvalue weighted by molar-refractivity contribution is -0.116. The van der Waals surface area contributed by atoms with Gasteiger partial charge in [0.05, 0.1) is 17.5 Å². The maximum atomic E-state index is 12.7. The topological polar surface area (TPSA) is 95.3 Å². The van der Waals surface area contributed by atoms with E-state index in [9.17, 15) is 10.1 Å². The van der Waals surface area contributed by atoms with E-state index in [1.165, 1.54) is 28.7 Å². The zero-order valence-electron chi connectivity index (χ0n) is 16.1. The molecule has 4 aromatic rings. The highest BCUT2D eigenvalue weighted by molar-refractivity contribution is 7.99. The second-order valence-electron chi connectivity index (χ2n) is 6.59. The Bertz CT molecular complexity index is 1190. The van der Waals surface area contributed by atoms with E-state index in [-0.39, 0.29) is 11.5 Å². The third-order valence-corrected chi connectivity index (χ3v) is 6.20. The maximum Gasteiger partial charge on any atom is 0.209 e. The van der Waals surface area contributed by atoms with Gasteiger partial charge in [-0.1, -0.05) is 71.9 Å². The number of hydrogen-bond donors (Lipinski definition) is 1. The molecule has 30 heavy (non-hydrogen) atoms. The molecule has 1 atom stereocenters. The molecule has 0 amide bonds. The number of aryl methyl sites for hydroxylation is 1. The summed E-state index contributed by atoms with van der Waals surface area (Å²) in [5.74, 6) is -0.355. The Morgan fingerprint density at radius 3 is 2.63 bits per heavy atom. The Hall–Kier alpha value is -3.28. The average molecular weight is 432 g/mol. The number of rotatable bonds is 7. The van der Waals surface area contributed by atoms with Crippen LogP contribution in [0.25, 0.3) is 22.6 Å². The van der Waals surface area contributed by atoms with E-state index in [4.69, 9.17) is 0 Å². The summed E-state index contributed by atoms with van der Waals surface area (Å²) in [6, 6.07) is 19.7. The number of carbonyl (C=O) groups excluding carboxylic acids is 1. The smallest absolute Gasteiger partial charge is 0.209 e. The molecule has 0 fully saturated rings. The van der Waals surface area contributed by atoms with Crippen molar-refractivity contribution in [1.82, 2.24) is 20.2 Å². The number of H-pyrrole nitrogens is 1. The van der Waals surface area contributed by atoms with E-state index in [0.29, 0.717) is 16.0 Å². The number of nitrogens with one attached hydrogen (secondary N) is 1. The fourth-order valence-corrected chi connectivity index (χ4v) is 4.39. The number of aromatic amines is 1. The van der Waals surface area contributed by atoms with Crippen LogP contribution in [-0.4, -0.2) is 31.7 Å². The molecule has 0 bridgehead atoms. The highest BCUT2D eigenvalue weighted by atomic mass is 32.2. The summed E-state index contributed by atoms with van der Waals surface area (Å²) in [5.41, 5.74) is 3.83. The van der Waals surface area contributed by atoms with Gasteiger partial charge in [0.2, 0.25) is 5.16 Å². The van der Waals surface area contributed by atoms with Crippen LogP contribution >= 0.6 is 23.1 Å². The Labute approximate surface area is 182 Å². The van der Waals surface area contributed by atoms with E-state index in [1.54, 1.807) is 0 Å². The molecule has 0 spiro atoms. The maximum absolute atomic E-state index is 12.7.